The Kier molecular flexibility index (Phi) is 7.44. The van der Waals surface area contributed by atoms with E-state index in [1.54, 1.807) is 24.3 Å². The highest BCUT2D eigenvalue weighted by Gasteiger charge is 2.32. The number of benzene rings is 3. The highest BCUT2D eigenvalue weighted by atomic mass is 32.2. The standard InChI is InChI=1S/C31H34FNO5S/c1-19-6-5-15-33(19)20(2)18-37-25-11-7-23(8-12-25)30-29(22-9-13-26(14-10-22)39(4,35)36)21(3)27-16-24(34)17-28(32)31(27)38-30/h7-14,16-17,19-20,30,34H,5-6,15,18H2,1-4H3/t19-,20+,30?/m1/s1. The van der Waals surface area contributed by atoms with Gasteiger partial charge in [-0.05, 0) is 87.2 Å². The first-order chi connectivity index (χ1) is 18.5. The summed E-state index contributed by atoms with van der Waals surface area (Å²) in [7, 11) is -3.36. The molecule has 6 nitrogen and oxygen atoms in total. The molecule has 0 radical (unpaired) electrons. The van der Waals surface area contributed by atoms with Crippen molar-refractivity contribution in [3.63, 3.8) is 0 Å². The SMILES string of the molecule is CC1=C(c2ccc(S(C)(=O)=O)cc2)C(c2ccc(OC[C@H](C)N3CCC[C@H]3C)cc2)Oc2c(F)cc(O)cc21. The highest BCUT2D eigenvalue weighted by Crippen LogP contribution is 2.48. The summed E-state index contributed by atoms with van der Waals surface area (Å²) >= 11 is 0. The van der Waals surface area contributed by atoms with Crippen LogP contribution in [0.1, 0.15) is 56.4 Å². The Hall–Kier alpha value is -3.36. The molecule has 3 atom stereocenters. The molecule has 0 saturated carbocycles. The fourth-order valence-electron chi connectivity index (χ4n) is 5.64. The van der Waals surface area contributed by atoms with Crippen LogP contribution < -0.4 is 9.47 Å². The van der Waals surface area contributed by atoms with Gasteiger partial charge in [0, 0.05) is 35.5 Å². The number of hydrogen-bond donors (Lipinski definition) is 1. The Bertz CT molecular complexity index is 1500. The number of nitrogens with zero attached hydrogens (tertiary/aromatic N) is 1. The van der Waals surface area contributed by atoms with Crippen LogP contribution >= 0.6 is 0 Å². The van der Waals surface area contributed by atoms with Gasteiger partial charge in [-0.1, -0.05) is 24.3 Å². The molecule has 1 fully saturated rings. The van der Waals surface area contributed by atoms with Gasteiger partial charge in [0.15, 0.2) is 21.4 Å². The second-order valence-corrected chi connectivity index (χ2v) is 12.6. The Morgan fingerprint density at radius 3 is 2.44 bits per heavy atom. The maximum atomic E-state index is 14.9. The minimum Gasteiger partial charge on any atom is -0.508 e. The number of rotatable bonds is 7. The maximum Gasteiger partial charge on any atom is 0.175 e. The zero-order valence-electron chi connectivity index (χ0n) is 22.6. The maximum absolute atomic E-state index is 14.9. The quantitative estimate of drug-likeness (QED) is 0.374. The number of hydrogen-bond acceptors (Lipinski definition) is 6. The summed E-state index contributed by atoms with van der Waals surface area (Å²) in [5.74, 6) is -0.0328. The molecular weight excluding hydrogens is 517 g/mol. The molecule has 39 heavy (non-hydrogen) atoms. The number of likely N-dealkylation sites (tertiary alicyclic amines) is 1. The molecule has 3 aromatic carbocycles. The number of sulfone groups is 1. The smallest absolute Gasteiger partial charge is 0.175 e. The number of phenols is 1. The fraction of sp³-hybridized carbons (Fsp3) is 0.355. The van der Waals surface area contributed by atoms with Crippen molar-refractivity contribution in [2.75, 3.05) is 19.4 Å². The van der Waals surface area contributed by atoms with E-state index in [2.05, 4.69) is 18.7 Å². The highest BCUT2D eigenvalue weighted by molar-refractivity contribution is 7.90. The monoisotopic (exact) mass is 551 g/mol. The predicted octanol–water partition coefficient (Wildman–Crippen LogP) is 6.25. The van der Waals surface area contributed by atoms with E-state index in [1.165, 1.54) is 18.9 Å². The van der Waals surface area contributed by atoms with E-state index in [4.69, 9.17) is 9.47 Å². The molecule has 3 aromatic rings. The van der Waals surface area contributed by atoms with Gasteiger partial charge in [-0.25, -0.2) is 12.8 Å². The van der Waals surface area contributed by atoms with E-state index in [9.17, 15) is 17.9 Å². The molecule has 0 aliphatic carbocycles. The third-order valence-electron chi connectivity index (χ3n) is 7.77. The Labute approximate surface area is 229 Å². The third-order valence-corrected chi connectivity index (χ3v) is 8.90. The van der Waals surface area contributed by atoms with Crippen molar-refractivity contribution in [1.29, 1.82) is 0 Å². The van der Waals surface area contributed by atoms with E-state index >= 15 is 0 Å². The van der Waals surface area contributed by atoms with Crippen LogP contribution in [0.3, 0.4) is 0 Å². The number of aromatic hydroxyl groups is 1. The summed E-state index contributed by atoms with van der Waals surface area (Å²) in [6.07, 6.45) is 2.95. The van der Waals surface area contributed by atoms with Crippen LogP contribution in [-0.2, 0) is 9.84 Å². The predicted molar refractivity (Wildman–Crippen MR) is 150 cm³/mol. The van der Waals surface area contributed by atoms with E-state index in [0.29, 0.717) is 24.3 Å². The minimum absolute atomic E-state index is 0.0701. The van der Waals surface area contributed by atoms with Gasteiger partial charge < -0.3 is 14.6 Å². The average molecular weight is 552 g/mol. The minimum atomic E-state index is -3.36. The van der Waals surface area contributed by atoms with Crippen molar-refractivity contribution in [2.45, 2.75) is 56.7 Å². The Morgan fingerprint density at radius 1 is 1.13 bits per heavy atom. The summed E-state index contributed by atoms with van der Waals surface area (Å²) < 4.78 is 51.3. The molecule has 2 heterocycles. The van der Waals surface area contributed by atoms with Crippen molar-refractivity contribution in [3.05, 3.63) is 83.2 Å². The van der Waals surface area contributed by atoms with Crippen LogP contribution in [0.4, 0.5) is 4.39 Å². The van der Waals surface area contributed by atoms with Crippen LogP contribution in [0.25, 0.3) is 11.1 Å². The van der Waals surface area contributed by atoms with Crippen LogP contribution in [0.2, 0.25) is 0 Å². The molecule has 206 valence electrons. The number of ether oxygens (including phenoxy) is 2. The fourth-order valence-corrected chi connectivity index (χ4v) is 6.27. The molecule has 2 aliphatic heterocycles. The van der Waals surface area contributed by atoms with E-state index in [-0.39, 0.29) is 16.4 Å². The van der Waals surface area contributed by atoms with Gasteiger partial charge in [0.2, 0.25) is 0 Å². The lowest BCUT2D eigenvalue weighted by atomic mass is 9.86. The molecule has 5 rings (SSSR count). The molecule has 1 unspecified atom stereocenters. The first-order valence-electron chi connectivity index (χ1n) is 13.2. The van der Waals surface area contributed by atoms with E-state index in [0.717, 1.165) is 46.9 Å². The van der Waals surface area contributed by atoms with Gasteiger partial charge in [0.05, 0.1) is 4.90 Å². The number of phenolic OH excluding ortho intramolecular Hbond substituents is 1. The zero-order chi connectivity index (χ0) is 27.9. The van der Waals surface area contributed by atoms with Crippen molar-refractivity contribution in [3.8, 4) is 17.2 Å². The second-order valence-electron chi connectivity index (χ2n) is 10.6. The first kappa shape index (κ1) is 27.2. The number of allylic oxidation sites excluding steroid dienone is 1. The molecule has 1 saturated heterocycles. The summed E-state index contributed by atoms with van der Waals surface area (Å²) in [4.78, 5) is 2.68. The Balaban J connectivity index is 1.46. The van der Waals surface area contributed by atoms with Crippen LogP contribution in [0, 0.1) is 5.82 Å². The first-order valence-corrected chi connectivity index (χ1v) is 15.1. The van der Waals surface area contributed by atoms with Crippen molar-refractivity contribution >= 4 is 21.0 Å². The molecule has 0 amide bonds. The molecular formula is C31H34FNO5S. The van der Waals surface area contributed by atoms with Crippen LogP contribution in [-0.4, -0.2) is 49.9 Å². The van der Waals surface area contributed by atoms with Crippen molar-refractivity contribution < 1.29 is 27.4 Å². The molecule has 1 N–H and O–H groups in total. The summed E-state index contributed by atoms with van der Waals surface area (Å²) in [6.45, 7) is 7.98. The van der Waals surface area contributed by atoms with Gasteiger partial charge in [0.25, 0.3) is 0 Å². The lowest BCUT2D eigenvalue weighted by Crippen LogP contribution is -2.39. The topological polar surface area (TPSA) is 76.1 Å². The second kappa shape index (κ2) is 10.7. The summed E-state index contributed by atoms with van der Waals surface area (Å²) in [5, 5.41) is 10.1. The zero-order valence-corrected chi connectivity index (χ0v) is 23.5. The van der Waals surface area contributed by atoms with Gasteiger partial charge >= 0.3 is 0 Å². The average Bonchev–Trinajstić information content (AvgIpc) is 3.33. The third kappa shape index (κ3) is 5.54. The number of fused-ring (bicyclic) bond motifs is 1. The summed E-state index contributed by atoms with van der Waals surface area (Å²) in [5.41, 5.74) is 3.49. The van der Waals surface area contributed by atoms with Gasteiger partial charge in [0.1, 0.15) is 24.2 Å². The van der Waals surface area contributed by atoms with Gasteiger partial charge in [-0.2, -0.15) is 0 Å². The van der Waals surface area contributed by atoms with Gasteiger partial charge in [-0.3, -0.25) is 4.90 Å². The molecule has 8 heteroatoms. The van der Waals surface area contributed by atoms with E-state index in [1.807, 2.05) is 31.2 Å². The largest absolute Gasteiger partial charge is 0.508 e. The Morgan fingerprint density at radius 2 is 1.82 bits per heavy atom. The lowest BCUT2D eigenvalue weighted by molar-refractivity contribution is 0.141. The molecule has 0 spiro atoms. The molecule has 2 aliphatic rings. The molecule has 0 bridgehead atoms. The van der Waals surface area contributed by atoms with Gasteiger partial charge in [-0.15, -0.1) is 0 Å². The van der Waals surface area contributed by atoms with Crippen molar-refractivity contribution in [2.24, 2.45) is 0 Å². The number of halogens is 1. The lowest BCUT2D eigenvalue weighted by Gasteiger charge is -2.31. The summed E-state index contributed by atoms with van der Waals surface area (Å²) in [6, 6.07) is 17.6. The normalized spacial score (nSPS) is 20.4. The molecule has 0 aromatic heterocycles. The van der Waals surface area contributed by atoms with Crippen LogP contribution in [0.5, 0.6) is 17.2 Å². The van der Waals surface area contributed by atoms with Crippen LogP contribution in [0.15, 0.2) is 65.6 Å². The van der Waals surface area contributed by atoms with Crippen molar-refractivity contribution in [1.82, 2.24) is 4.90 Å². The van der Waals surface area contributed by atoms with E-state index < -0.39 is 21.8 Å².